The third-order valence-electron chi connectivity index (χ3n) is 7.91. The van der Waals surface area contributed by atoms with Crippen LogP contribution in [0.3, 0.4) is 0 Å². The Morgan fingerprint density at radius 1 is 1.23 bits per heavy atom. The second-order valence-corrected chi connectivity index (χ2v) is 9.64. The van der Waals surface area contributed by atoms with E-state index in [2.05, 4.69) is 26.8 Å². The highest BCUT2D eigenvalue weighted by atomic mass is 16.5. The van der Waals surface area contributed by atoms with Gasteiger partial charge in [-0.2, -0.15) is 0 Å². The van der Waals surface area contributed by atoms with Crippen molar-refractivity contribution in [3.8, 4) is 0 Å². The van der Waals surface area contributed by atoms with Gasteiger partial charge in [-0.15, -0.1) is 0 Å². The Hall–Kier alpha value is -1.32. The number of fused-ring (bicyclic) bond motifs is 3. The summed E-state index contributed by atoms with van der Waals surface area (Å²) in [5.74, 6) is 0.438. The van der Waals surface area contributed by atoms with Crippen LogP contribution in [0.15, 0.2) is 11.6 Å². The molecule has 0 heterocycles. The fraction of sp³-hybridized carbons (Fsp3) is 0.818. The van der Waals surface area contributed by atoms with Crippen LogP contribution < -0.4 is 0 Å². The number of hydrogen-bond donors (Lipinski definition) is 1. The van der Waals surface area contributed by atoms with Gasteiger partial charge in [0.15, 0.2) is 0 Å². The Morgan fingerprint density at radius 3 is 2.50 bits per heavy atom. The third-order valence-corrected chi connectivity index (χ3v) is 7.91. The molecule has 3 rings (SSSR count). The summed E-state index contributed by atoms with van der Waals surface area (Å²) in [5.41, 5.74) is 0.606. The maximum atomic E-state index is 12.1. The standard InChI is InChI=1S/C22H34O4/c1-13(2)15-7-9-17-16(19(15)26-14(3)23)8-10-18-21(17,4)11-6-12-22(18,5)20(24)25/h8,13,15,17-19H,6-7,9-12H2,1-5H3,(H,24,25)/t15-,17-,18+,19-,21+,22+/m1/s1. The van der Waals surface area contributed by atoms with E-state index in [4.69, 9.17) is 4.74 Å². The Bertz CT molecular complexity index is 622. The van der Waals surface area contributed by atoms with Crippen LogP contribution in [-0.2, 0) is 14.3 Å². The van der Waals surface area contributed by atoms with Crippen molar-refractivity contribution in [1.82, 2.24) is 0 Å². The highest BCUT2D eigenvalue weighted by molar-refractivity contribution is 5.75. The molecule has 0 radical (unpaired) electrons. The van der Waals surface area contributed by atoms with E-state index in [1.54, 1.807) is 0 Å². The minimum absolute atomic E-state index is 0.0180. The van der Waals surface area contributed by atoms with Gasteiger partial charge in [-0.3, -0.25) is 9.59 Å². The van der Waals surface area contributed by atoms with Crippen LogP contribution in [-0.4, -0.2) is 23.1 Å². The van der Waals surface area contributed by atoms with Crippen molar-refractivity contribution in [2.24, 2.45) is 34.5 Å². The molecule has 1 N–H and O–H groups in total. The Labute approximate surface area is 157 Å². The molecule has 6 atom stereocenters. The van der Waals surface area contributed by atoms with E-state index in [0.29, 0.717) is 17.8 Å². The van der Waals surface area contributed by atoms with E-state index in [9.17, 15) is 14.7 Å². The van der Waals surface area contributed by atoms with Gasteiger partial charge >= 0.3 is 11.9 Å². The smallest absolute Gasteiger partial charge is 0.309 e. The molecule has 26 heavy (non-hydrogen) atoms. The number of hydrogen-bond acceptors (Lipinski definition) is 3. The lowest BCUT2D eigenvalue weighted by molar-refractivity contribution is -0.165. The van der Waals surface area contributed by atoms with Crippen molar-refractivity contribution in [1.29, 1.82) is 0 Å². The first-order valence-electron chi connectivity index (χ1n) is 10.2. The second kappa shape index (κ2) is 6.69. The van der Waals surface area contributed by atoms with E-state index < -0.39 is 11.4 Å². The van der Waals surface area contributed by atoms with Crippen molar-refractivity contribution in [2.45, 2.75) is 79.2 Å². The zero-order valence-electron chi connectivity index (χ0n) is 16.9. The Morgan fingerprint density at radius 2 is 1.92 bits per heavy atom. The topological polar surface area (TPSA) is 63.6 Å². The van der Waals surface area contributed by atoms with E-state index >= 15 is 0 Å². The number of carboxylic acid groups (broad SMARTS) is 1. The van der Waals surface area contributed by atoms with Gasteiger partial charge in [0.25, 0.3) is 0 Å². The Balaban J connectivity index is 2.01. The minimum Gasteiger partial charge on any atom is -0.481 e. The molecule has 0 aliphatic heterocycles. The van der Waals surface area contributed by atoms with Gasteiger partial charge < -0.3 is 9.84 Å². The molecule has 4 nitrogen and oxygen atoms in total. The van der Waals surface area contributed by atoms with Crippen LogP contribution in [0.2, 0.25) is 0 Å². The summed E-state index contributed by atoms with van der Waals surface area (Å²) in [7, 11) is 0. The lowest BCUT2D eigenvalue weighted by Gasteiger charge is -2.59. The molecule has 0 bridgehead atoms. The average Bonchev–Trinajstić information content (AvgIpc) is 2.54. The lowest BCUT2D eigenvalue weighted by Crippen LogP contribution is -2.55. The monoisotopic (exact) mass is 362 g/mol. The first-order chi connectivity index (χ1) is 12.1. The number of esters is 1. The predicted octanol–water partition coefficient (Wildman–Crippen LogP) is 4.83. The molecular formula is C22H34O4. The first kappa shape index (κ1) is 19.4. The number of ether oxygens (including phenoxy) is 1. The largest absolute Gasteiger partial charge is 0.481 e. The van der Waals surface area contributed by atoms with Crippen molar-refractivity contribution >= 4 is 11.9 Å². The number of rotatable bonds is 3. The number of allylic oxidation sites excluding steroid dienone is 1. The van der Waals surface area contributed by atoms with Crippen LogP contribution in [0.5, 0.6) is 0 Å². The minimum atomic E-state index is -0.655. The highest BCUT2D eigenvalue weighted by Gasteiger charge is 2.59. The molecule has 3 aliphatic carbocycles. The van der Waals surface area contributed by atoms with Crippen LogP contribution in [0.4, 0.5) is 0 Å². The summed E-state index contributed by atoms with van der Waals surface area (Å²) < 4.78 is 5.84. The maximum Gasteiger partial charge on any atom is 0.309 e. The van der Waals surface area contributed by atoms with E-state index in [1.165, 1.54) is 12.5 Å². The maximum absolute atomic E-state index is 12.1. The van der Waals surface area contributed by atoms with Gasteiger partial charge in [-0.1, -0.05) is 33.3 Å². The fourth-order valence-electron chi connectivity index (χ4n) is 6.48. The zero-order valence-corrected chi connectivity index (χ0v) is 16.9. The first-order valence-corrected chi connectivity index (χ1v) is 10.2. The van der Waals surface area contributed by atoms with Crippen molar-refractivity contribution in [3.05, 3.63) is 11.6 Å². The average molecular weight is 363 g/mol. The second-order valence-electron chi connectivity index (χ2n) is 9.64. The molecule has 0 aromatic rings. The van der Waals surface area contributed by atoms with Crippen molar-refractivity contribution in [2.75, 3.05) is 0 Å². The predicted molar refractivity (Wildman–Crippen MR) is 100 cm³/mol. The van der Waals surface area contributed by atoms with Crippen LogP contribution in [0, 0.1) is 34.5 Å². The molecule has 2 fully saturated rings. The van der Waals surface area contributed by atoms with Gasteiger partial charge in [0.1, 0.15) is 6.10 Å². The lowest BCUT2D eigenvalue weighted by atomic mass is 9.45. The molecule has 0 amide bonds. The van der Waals surface area contributed by atoms with E-state index in [1.807, 2.05) is 6.92 Å². The van der Waals surface area contributed by atoms with Gasteiger partial charge in [0.05, 0.1) is 5.41 Å². The molecule has 0 unspecified atom stereocenters. The van der Waals surface area contributed by atoms with Crippen LogP contribution in [0.1, 0.15) is 73.1 Å². The normalized spacial score (nSPS) is 42.5. The highest BCUT2D eigenvalue weighted by Crippen LogP contribution is 2.63. The number of carbonyl (C=O) groups is 2. The summed E-state index contributed by atoms with van der Waals surface area (Å²) in [6.45, 7) is 10.2. The summed E-state index contributed by atoms with van der Waals surface area (Å²) in [5, 5.41) is 9.94. The Kier molecular flexibility index (Phi) is 5.00. The van der Waals surface area contributed by atoms with Gasteiger partial charge in [0, 0.05) is 12.8 Å². The van der Waals surface area contributed by atoms with Gasteiger partial charge in [-0.25, -0.2) is 0 Å². The van der Waals surface area contributed by atoms with Gasteiger partial charge in [-0.05, 0) is 67.8 Å². The third kappa shape index (κ3) is 2.90. The summed E-state index contributed by atoms with van der Waals surface area (Å²) in [6.07, 6.45) is 7.81. The number of carbonyl (C=O) groups excluding carboxylic acids is 1. The summed E-state index contributed by atoms with van der Waals surface area (Å²) >= 11 is 0. The van der Waals surface area contributed by atoms with Crippen molar-refractivity contribution < 1.29 is 19.4 Å². The van der Waals surface area contributed by atoms with E-state index in [0.717, 1.165) is 38.5 Å². The quantitative estimate of drug-likeness (QED) is 0.577. The molecular weight excluding hydrogens is 328 g/mol. The molecule has 0 aromatic carbocycles. The SMILES string of the molecule is CC(=O)O[C@H]1C2=CC[C@H]3[C@@](C)(CCC[C@]3(C)C(=O)O)[C@@H]2CC[C@@H]1C(C)C. The summed E-state index contributed by atoms with van der Waals surface area (Å²) in [4.78, 5) is 23.9. The van der Waals surface area contributed by atoms with Crippen molar-refractivity contribution in [3.63, 3.8) is 0 Å². The molecule has 4 heteroatoms. The van der Waals surface area contributed by atoms with E-state index in [-0.39, 0.29) is 23.4 Å². The molecule has 0 saturated heterocycles. The van der Waals surface area contributed by atoms with Gasteiger partial charge in [0.2, 0.25) is 0 Å². The molecule has 2 saturated carbocycles. The molecule has 0 spiro atoms. The fourth-order valence-corrected chi connectivity index (χ4v) is 6.48. The number of carboxylic acids is 1. The molecule has 3 aliphatic rings. The number of aliphatic carboxylic acids is 1. The van der Waals surface area contributed by atoms with Crippen LogP contribution in [0.25, 0.3) is 0 Å². The zero-order chi connectivity index (χ0) is 19.3. The molecule has 0 aromatic heterocycles. The van der Waals surface area contributed by atoms with Crippen LogP contribution >= 0.6 is 0 Å². The molecule has 146 valence electrons. The summed E-state index contributed by atoms with van der Waals surface area (Å²) in [6, 6.07) is 0.